The number of nitro benzene ring substituents is 2. The lowest BCUT2D eigenvalue weighted by molar-refractivity contribution is -0.385. The van der Waals surface area contributed by atoms with E-state index in [9.17, 15) is 30.3 Å². The smallest absolute Gasteiger partial charge is 0.271 e. The lowest BCUT2D eigenvalue weighted by atomic mass is 10.1. The normalized spacial score (nSPS) is 10.7. The van der Waals surface area contributed by atoms with Gasteiger partial charge in [-0.25, -0.2) is 0 Å². The second-order valence-corrected chi connectivity index (χ2v) is 6.68. The molecule has 33 heavy (non-hydrogen) atoms. The maximum Gasteiger partial charge on any atom is 0.271 e. The van der Waals surface area contributed by atoms with Gasteiger partial charge in [0.25, 0.3) is 17.3 Å². The summed E-state index contributed by atoms with van der Waals surface area (Å²) in [7, 11) is 0. The van der Waals surface area contributed by atoms with E-state index in [0.29, 0.717) is 16.9 Å². The largest absolute Gasteiger partial charge is 0.488 e. The van der Waals surface area contributed by atoms with Gasteiger partial charge in [-0.3, -0.25) is 25.0 Å². The van der Waals surface area contributed by atoms with Crippen molar-refractivity contribution in [3.63, 3.8) is 0 Å². The van der Waals surface area contributed by atoms with Gasteiger partial charge in [0.05, 0.1) is 9.85 Å². The number of nitrogens with zero attached hydrogens (tertiary/aromatic N) is 3. The summed E-state index contributed by atoms with van der Waals surface area (Å²) in [6.45, 7) is 0.116. The van der Waals surface area contributed by atoms with Crippen molar-refractivity contribution in [2.75, 3.05) is 5.32 Å². The molecule has 0 aliphatic rings. The predicted octanol–water partition coefficient (Wildman–Crippen LogP) is 4.63. The molecule has 10 heteroatoms. The topological polar surface area (TPSA) is 148 Å². The van der Waals surface area contributed by atoms with Crippen LogP contribution in [-0.2, 0) is 11.4 Å². The molecule has 1 amide bonds. The first-order valence-electron chi connectivity index (χ1n) is 9.50. The van der Waals surface area contributed by atoms with Crippen LogP contribution in [-0.4, -0.2) is 15.8 Å². The van der Waals surface area contributed by atoms with E-state index in [0.717, 1.165) is 0 Å². The van der Waals surface area contributed by atoms with Crippen LogP contribution in [0.15, 0.2) is 78.4 Å². The molecule has 0 saturated carbocycles. The number of hydrogen-bond donors (Lipinski definition) is 1. The van der Waals surface area contributed by atoms with Crippen LogP contribution in [0.25, 0.3) is 6.08 Å². The molecule has 0 aliphatic heterocycles. The summed E-state index contributed by atoms with van der Waals surface area (Å²) in [5, 5.41) is 33.6. The van der Waals surface area contributed by atoms with Crippen LogP contribution >= 0.6 is 0 Å². The van der Waals surface area contributed by atoms with Crippen LogP contribution in [0.1, 0.15) is 11.1 Å². The molecule has 0 unspecified atom stereocenters. The van der Waals surface area contributed by atoms with E-state index < -0.39 is 15.8 Å². The third-order valence-electron chi connectivity index (χ3n) is 4.44. The number of carbonyl (C=O) groups is 1. The predicted molar refractivity (Wildman–Crippen MR) is 119 cm³/mol. The monoisotopic (exact) mass is 444 g/mol. The van der Waals surface area contributed by atoms with Crippen LogP contribution in [0.2, 0.25) is 0 Å². The molecule has 0 atom stereocenters. The van der Waals surface area contributed by atoms with Gasteiger partial charge in [-0.15, -0.1) is 0 Å². The van der Waals surface area contributed by atoms with Crippen LogP contribution in [0.4, 0.5) is 17.1 Å². The fourth-order valence-corrected chi connectivity index (χ4v) is 2.81. The summed E-state index contributed by atoms with van der Waals surface area (Å²) in [5.74, 6) is -0.338. The number of para-hydroxylation sites is 1. The third-order valence-corrected chi connectivity index (χ3v) is 4.44. The second-order valence-electron chi connectivity index (χ2n) is 6.68. The molecular weight excluding hydrogens is 428 g/mol. The number of benzene rings is 3. The Morgan fingerprint density at radius 2 is 1.67 bits per heavy atom. The molecular formula is C23H16N4O6. The van der Waals surface area contributed by atoms with Gasteiger partial charge in [0.15, 0.2) is 0 Å². The van der Waals surface area contributed by atoms with Crippen LogP contribution in [0.5, 0.6) is 5.75 Å². The third kappa shape index (κ3) is 5.99. The number of nitro groups is 2. The highest BCUT2D eigenvalue weighted by molar-refractivity contribution is 6.09. The van der Waals surface area contributed by atoms with Gasteiger partial charge in [0.1, 0.15) is 24.0 Å². The van der Waals surface area contributed by atoms with Crippen molar-refractivity contribution in [1.82, 2.24) is 0 Å². The van der Waals surface area contributed by atoms with E-state index in [-0.39, 0.29) is 29.2 Å². The van der Waals surface area contributed by atoms with E-state index in [2.05, 4.69) is 5.32 Å². The highest BCUT2D eigenvalue weighted by Gasteiger charge is 2.13. The highest BCUT2D eigenvalue weighted by atomic mass is 16.6. The van der Waals surface area contributed by atoms with Crippen molar-refractivity contribution in [2.24, 2.45) is 0 Å². The van der Waals surface area contributed by atoms with Crippen molar-refractivity contribution in [1.29, 1.82) is 5.26 Å². The van der Waals surface area contributed by atoms with Gasteiger partial charge in [-0.2, -0.15) is 5.26 Å². The minimum atomic E-state index is -0.733. The zero-order valence-electron chi connectivity index (χ0n) is 17.0. The van der Waals surface area contributed by atoms with Gasteiger partial charge < -0.3 is 10.1 Å². The van der Waals surface area contributed by atoms with Crippen LogP contribution in [0, 0.1) is 31.6 Å². The van der Waals surface area contributed by atoms with Crippen molar-refractivity contribution in [3.05, 3.63) is 110 Å². The molecule has 0 fully saturated rings. The Hall–Kier alpha value is -5.04. The maximum absolute atomic E-state index is 12.5. The number of nitriles is 1. The molecule has 0 aliphatic carbocycles. The molecule has 0 heterocycles. The average Bonchev–Trinajstić information content (AvgIpc) is 2.82. The number of amides is 1. The quantitative estimate of drug-likeness (QED) is 0.230. The van der Waals surface area contributed by atoms with E-state index >= 15 is 0 Å². The number of anilines is 1. The molecule has 3 aromatic rings. The van der Waals surface area contributed by atoms with Crippen LogP contribution < -0.4 is 10.1 Å². The molecule has 0 radical (unpaired) electrons. The first-order valence-corrected chi connectivity index (χ1v) is 9.50. The maximum atomic E-state index is 12.5. The molecule has 0 aromatic heterocycles. The fourth-order valence-electron chi connectivity index (χ4n) is 2.81. The van der Waals surface area contributed by atoms with Gasteiger partial charge in [0, 0.05) is 35.5 Å². The molecule has 10 nitrogen and oxygen atoms in total. The number of carbonyl (C=O) groups excluding carboxylic acids is 1. The van der Waals surface area contributed by atoms with Gasteiger partial charge in [-0.1, -0.05) is 24.3 Å². The lowest BCUT2D eigenvalue weighted by Crippen LogP contribution is -2.13. The Morgan fingerprint density at radius 1 is 0.970 bits per heavy atom. The fraction of sp³-hybridized carbons (Fsp3) is 0.0435. The van der Waals surface area contributed by atoms with Gasteiger partial charge in [-0.05, 0) is 35.9 Å². The first-order chi connectivity index (χ1) is 15.9. The number of nitrogens with one attached hydrogen (secondary N) is 1. The highest BCUT2D eigenvalue weighted by Crippen LogP contribution is 2.24. The number of hydrogen-bond acceptors (Lipinski definition) is 7. The van der Waals surface area contributed by atoms with E-state index in [1.54, 1.807) is 36.4 Å². The molecule has 1 N–H and O–H groups in total. The zero-order valence-corrected chi connectivity index (χ0v) is 17.0. The number of ether oxygens (including phenoxy) is 1. The average molecular weight is 444 g/mol. The number of rotatable bonds is 8. The van der Waals surface area contributed by atoms with E-state index in [1.165, 1.54) is 42.5 Å². The van der Waals surface area contributed by atoms with Gasteiger partial charge >= 0.3 is 0 Å². The van der Waals surface area contributed by atoms with Gasteiger partial charge in [0.2, 0.25) is 0 Å². The second kappa shape index (κ2) is 10.3. The van der Waals surface area contributed by atoms with E-state index in [1.807, 2.05) is 6.07 Å². The summed E-state index contributed by atoms with van der Waals surface area (Å²) < 4.78 is 5.78. The standard InChI is InChI=1S/C23H16N4O6/c24-14-18(23(28)25-19-5-3-6-21(13-19)27(31)32)12-17-4-1-2-7-22(17)33-15-16-8-10-20(11-9-16)26(29)30/h1-13H,15H2,(H,25,28)/b18-12+. The summed E-state index contributed by atoms with van der Waals surface area (Å²) in [5.41, 5.74) is 0.884. The van der Waals surface area contributed by atoms with Crippen LogP contribution in [0.3, 0.4) is 0 Å². The Kier molecular flexibility index (Phi) is 7.08. The van der Waals surface area contributed by atoms with Crippen molar-refractivity contribution < 1.29 is 19.4 Å². The summed E-state index contributed by atoms with van der Waals surface area (Å²) in [6.07, 6.45) is 1.35. The molecule has 0 spiro atoms. The Bertz CT molecular complexity index is 1280. The minimum Gasteiger partial charge on any atom is -0.488 e. The van der Waals surface area contributed by atoms with Crippen molar-refractivity contribution in [2.45, 2.75) is 6.61 Å². The zero-order chi connectivity index (χ0) is 23.8. The number of non-ortho nitro benzene ring substituents is 2. The minimum absolute atomic E-state index is 0.0319. The Balaban J connectivity index is 1.76. The molecule has 0 saturated heterocycles. The Labute approximate surface area is 187 Å². The molecule has 3 aromatic carbocycles. The molecule has 0 bridgehead atoms. The summed E-state index contributed by atoms with van der Waals surface area (Å²) >= 11 is 0. The Morgan fingerprint density at radius 3 is 2.33 bits per heavy atom. The van der Waals surface area contributed by atoms with Crippen molar-refractivity contribution in [3.8, 4) is 11.8 Å². The summed E-state index contributed by atoms with van der Waals surface area (Å²) in [6, 6.07) is 19.8. The van der Waals surface area contributed by atoms with Crippen molar-refractivity contribution >= 4 is 29.0 Å². The lowest BCUT2D eigenvalue weighted by Gasteiger charge is -2.10. The SMILES string of the molecule is N#C/C(=C\c1ccccc1OCc1ccc([N+](=O)[O-])cc1)C(=O)Nc1cccc([N+](=O)[O-])c1. The summed E-state index contributed by atoms with van der Waals surface area (Å²) in [4.78, 5) is 33.1. The molecule has 164 valence electrons. The molecule has 3 rings (SSSR count). The first kappa shape index (κ1) is 22.6. The van der Waals surface area contributed by atoms with E-state index in [4.69, 9.17) is 4.74 Å².